The van der Waals surface area contributed by atoms with Gasteiger partial charge >= 0.3 is 0 Å². The fourth-order valence-corrected chi connectivity index (χ4v) is 1.90. The summed E-state index contributed by atoms with van der Waals surface area (Å²) < 4.78 is 1.72. The Bertz CT molecular complexity index is 490. The van der Waals surface area contributed by atoms with Crippen LogP contribution in [0, 0.1) is 6.92 Å². The molecule has 0 radical (unpaired) electrons. The Morgan fingerprint density at radius 3 is 2.86 bits per heavy atom. The molecule has 0 fully saturated rings. The average molecular weight is 230 g/mol. The highest BCUT2D eigenvalue weighted by Gasteiger charge is 2.11. The third kappa shape index (κ3) is 1.28. The molecule has 74 valence electrons. The summed E-state index contributed by atoms with van der Waals surface area (Å²) in [6.45, 7) is 1.95. The second-order valence-corrected chi connectivity index (χ2v) is 3.78. The van der Waals surface area contributed by atoms with Gasteiger partial charge < -0.3 is 0 Å². The van der Waals surface area contributed by atoms with Crippen LogP contribution in [0.5, 0.6) is 0 Å². The van der Waals surface area contributed by atoms with E-state index < -0.39 is 0 Å². The lowest BCUT2D eigenvalue weighted by Gasteiger charge is -2.04. The third-order valence-corrected chi connectivity index (χ3v) is 3.02. The fraction of sp³-hybridized carbons (Fsp3) is 0.333. The summed E-state index contributed by atoms with van der Waals surface area (Å²) in [4.78, 5) is 4.35. The molecule has 0 atom stereocenters. The van der Waals surface area contributed by atoms with E-state index in [9.17, 15) is 0 Å². The van der Waals surface area contributed by atoms with Crippen LogP contribution >= 0.6 is 23.2 Å². The van der Waals surface area contributed by atoms with E-state index in [1.165, 1.54) is 0 Å². The van der Waals surface area contributed by atoms with Crippen molar-refractivity contribution in [1.82, 2.24) is 14.8 Å². The molecule has 3 nitrogen and oxygen atoms in total. The molecule has 2 aromatic heterocycles. The normalized spacial score (nSPS) is 11.1. The number of pyridine rings is 1. The maximum absolute atomic E-state index is 6.10. The number of nitrogens with zero attached hydrogens (tertiary/aromatic N) is 3. The van der Waals surface area contributed by atoms with Gasteiger partial charge in [-0.3, -0.25) is 4.68 Å². The lowest BCUT2D eigenvalue weighted by atomic mass is 10.2. The summed E-state index contributed by atoms with van der Waals surface area (Å²) >= 11 is 11.8. The van der Waals surface area contributed by atoms with Crippen LogP contribution in [0.15, 0.2) is 6.20 Å². The highest BCUT2D eigenvalue weighted by Crippen LogP contribution is 2.27. The maximum atomic E-state index is 6.10. The van der Waals surface area contributed by atoms with Gasteiger partial charge in [-0.2, -0.15) is 5.10 Å². The van der Waals surface area contributed by atoms with Crippen LogP contribution in [-0.2, 0) is 12.9 Å². The monoisotopic (exact) mass is 229 g/mol. The van der Waals surface area contributed by atoms with Gasteiger partial charge in [-0.15, -0.1) is 11.6 Å². The molecule has 0 spiro atoms. The third-order valence-electron chi connectivity index (χ3n) is 2.26. The Balaban J connectivity index is 2.87. The van der Waals surface area contributed by atoms with E-state index in [-0.39, 0.29) is 0 Å². The average Bonchev–Trinajstić information content (AvgIpc) is 2.54. The van der Waals surface area contributed by atoms with Crippen molar-refractivity contribution >= 4 is 34.2 Å². The van der Waals surface area contributed by atoms with Crippen molar-refractivity contribution in [3.8, 4) is 0 Å². The Hall–Kier alpha value is -0.800. The molecular weight excluding hydrogens is 221 g/mol. The second kappa shape index (κ2) is 3.41. The van der Waals surface area contributed by atoms with Crippen LogP contribution in [0.2, 0.25) is 5.02 Å². The molecule has 14 heavy (non-hydrogen) atoms. The Morgan fingerprint density at radius 1 is 1.50 bits per heavy atom. The molecule has 0 saturated heterocycles. The molecule has 2 aromatic rings. The van der Waals surface area contributed by atoms with Crippen LogP contribution < -0.4 is 0 Å². The van der Waals surface area contributed by atoms with E-state index in [1.807, 2.05) is 14.0 Å². The molecule has 2 rings (SSSR count). The molecule has 0 aliphatic heterocycles. The number of hydrogen-bond acceptors (Lipinski definition) is 2. The molecule has 0 amide bonds. The van der Waals surface area contributed by atoms with Gasteiger partial charge in [-0.05, 0) is 12.5 Å². The molecule has 0 saturated carbocycles. The van der Waals surface area contributed by atoms with Gasteiger partial charge in [-0.1, -0.05) is 11.6 Å². The SMILES string of the molecule is Cc1c(Cl)c(CCl)nc2c1cnn2C. The van der Waals surface area contributed by atoms with E-state index in [0.717, 1.165) is 16.6 Å². The van der Waals surface area contributed by atoms with Crippen LogP contribution in [0.3, 0.4) is 0 Å². The van der Waals surface area contributed by atoms with Gasteiger partial charge in [0.15, 0.2) is 5.65 Å². The zero-order valence-corrected chi connectivity index (χ0v) is 9.39. The zero-order chi connectivity index (χ0) is 10.3. The molecule has 2 heterocycles. The van der Waals surface area contributed by atoms with E-state index >= 15 is 0 Å². The smallest absolute Gasteiger partial charge is 0.158 e. The standard InChI is InChI=1S/C9H9Cl2N3/c1-5-6-4-12-14(2)9(6)13-7(3-10)8(5)11/h4H,3H2,1-2H3. The van der Waals surface area contributed by atoms with Crippen LogP contribution in [0.25, 0.3) is 11.0 Å². The summed E-state index contributed by atoms with van der Waals surface area (Å²) in [5, 5.41) is 5.74. The number of halogens is 2. The van der Waals surface area contributed by atoms with E-state index in [1.54, 1.807) is 10.9 Å². The number of fused-ring (bicyclic) bond motifs is 1. The van der Waals surface area contributed by atoms with E-state index in [2.05, 4.69) is 10.1 Å². The minimum atomic E-state index is 0.320. The molecule has 0 aliphatic carbocycles. The van der Waals surface area contributed by atoms with E-state index in [4.69, 9.17) is 23.2 Å². The van der Waals surface area contributed by atoms with Gasteiger partial charge in [0.1, 0.15) is 0 Å². The van der Waals surface area contributed by atoms with E-state index in [0.29, 0.717) is 16.6 Å². The summed E-state index contributed by atoms with van der Waals surface area (Å²) in [6, 6.07) is 0. The molecule has 0 aliphatic rings. The Labute approximate surface area is 91.6 Å². The van der Waals surface area contributed by atoms with Gasteiger partial charge in [0.05, 0.1) is 22.8 Å². The first kappa shape index (κ1) is 9.74. The van der Waals surface area contributed by atoms with Crippen molar-refractivity contribution in [3.05, 3.63) is 22.5 Å². The predicted octanol–water partition coefficient (Wildman–Crippen LogP) is 2.67. The molecular formula is C9H9Cl2N3. The van der Waals surface area contributed by atoms with Crippen molar-refractivity contribution < 1.29 is 0 Å². The summed E-state index contributed by atoms with van der Waals surface area (Å²) in [5.41, 5.74) is 2.52. The minimum absolute atomic E-state index is 0.320. The van der Waals surface area contributed by atoms with Crippen LogP contribution in [0.1, 0.15) is 11.3 Å². The molecule has 5 heteroatoms. The maximum Gasteiger partial charge on any atom is 0.158 e. The Morgan fingerprint density at radius 2 is 2.21 bits per heavy atom. The van der Waals surface area contributed by atoms with Crippen molar-refractivity contribution in [2.24, 2.45) is 7.05 Å². The highest BCUT2D eigenvalue weighted by molar-refractivity contribution is 6.33. The highest BCUT2D eigenvalue weighted by atomic mass is 35.5. The van der Waals surface area contributed by atoms with Gasteiger partial charge in [0, 0.05) is 12.4 Å². The predicted molar refractivity (Wildman–Crippen MR) is 57.8 cm³/mol. The molecule has 0 unspecified atom stereocenters. The zero-order valence-electron chi connectivity index (χ0n) is 7.88. The number of aryl methyl sites for hydroxylation is 2. The first-order valence-electron chi connectivity index (χ1n) is 4.17. The molecule has 0 bridgehead atoms. The van der Waals surface area contributed by atoms with Crippen molar-refractivity contribution in [3.63, 3.8) is 0 Å². The van der Waals surface area contributed by atoms with Gasteiger partial charge in [0.25, 0.3) is 0 Å². The lowest BCUT2D eigenvalue weighted by Crippen LogP contribution is -1.96. The van der Waals surface area contributed by atoms with Gasteiger partial charge in [0.2, 0.25) is 0 Å². The lowest BCUT2D eigenvalue weighted by molar-refractivity contribution is 0.784. The number of aromatic nitrogens is 3. The van der Waals surface area contributed by atoms with Crippen molar-refractivity contribution in [2.45, 2.75) is 12.8 Å². The largest absolute Gasteiger partial charge is 0.250 e. The number of hydrogen-bond donors (Lipinski definition) is 0. The number of rotatable bonds is 1. The quantitative estimate of drug-likeness (QED) is 0.705. The van der Waals surface area contributed by atoms with Crippen molar-refractivity contribution in [1.29, 1.82) is 0 Å². The Kier molecular flexibility index (Phi) is 2.37. The molecule has 0 N–H and O–H groups in total. The summed E-state index contributed by atoms with van der Waals surface area (Å²) in [7, 11) is 1.85. The topological polar surface area (TPSA) is 30.7 Å². The summed E-state index contributed by atoms with van der Waals surface area (Å²) in [5.74, 6) is 0.320. The van der Waals surface area contributed by atoms with Crippen LogP contribution in [-0.4, -0.2) is 14.8 Å². The first-order valence-corrected chi connectivity index (χ1v) is 5.09. The summed E-state index contributed by atoms with van der Waals surface area (Å²) in [6.07, 6.45) is 1.77. The second-order valence-electron chi connectivity index (χ2n) is 3.14. The first-order chi connectivity index (χ1) is 6.65. The number of alkyl halides is 1. The minimum Gasteiger partial charge on any atom is -0.250 e. The fourth-order valence-electron chi connectivity index (χ4n) is 1.43. The van der Waals surface area contributed by atoms with Crippen LogP contribution in [0.4, 0.5) is 0 Å². The van der Waals surface area contributed by atoms with Gasteiger partial charge in [-0.25, -0.2) is 4.98 Å². The molecule has 0 aromatic carbocycles. The van der Waals surface area contributed by atoms with Crippen molar-refractivity contribution in [2.75, 3.05) is 0 Å².